The summed E-state index contributed by atoms with van der Waals surface area (Å²) in [5.74, 6) is 1.21. The molecule has 0 aromatic carbocycles. The Labute approximate surface area is 146 Å². The van der Waals surface area contributed by atoms with Crippen LogP contribution >= 0.6 is 0 Å². The largest absolute Gasteiger partial charge is 0.325 e. The minimum atomic E-state index is -0.561. The number of nitroso groups, excluding NO2 is 1. The smallest absolute Gasteiger partial charge is 0.139 e. The summed E-state index contributed by atoms with van der Waals surface area (Å²) >= 11 is 0. The number of carbonyl (C=O) groups is 1. The van der Waals surface area contributed by atoms with Crippen molar-refractivity contribution in [1.82, 2.24) is 0 Å². The Morgan fingerprint density at radius 1 is 1.32 bits per heavy atom. The van der Waals surface area contributed by atoms with E-state index in [0.29, 0.717) is 29.9 Å². The third kappa shape index (κ3) is 2.22. The molecule has 3 fully saturated rings. The van der Waals surface area contributed by atoms with E-state index in [0.717, 1.165) is 32.1 Å². The van der Waals surface area contributed by atoms with E-state index in [1.807, 2.05) is 12.2 Å². The number of rotatable bonds is 3. The van der Waals surface area contributed by atoms with Gasteiger partial charge in [-0.3, -0.25) is 4.79 Å². The average Bonchev–Trinajstić information content (AvgIpc) is 2.97. The Morgan fingerprint density at radius 3 is 2.92 bits per heavy atom. The van der Waals surface area contributed by atoms with Gasteiger partial charge in [-0.15, -0.1) is 4.91 Å². The van der Waals surface area contributed by atoms with Crippen LogP contribution in [-0.2, 0) is 4.79 Å². The molecule has 0 heterocycles. The number of carbonyl (C=O) groups excluding carboxylic acids is 1. The molecule has 4 unspecified atom stereocenters. The summed E-state index contributed by atoms with van der Waals surface area (Å²) < 4.78 is 0. The third-order valence-electron chi connectivity index (χ3n) is 7.39. The molecule has 2 N–H and O–H groups in total. The SMILES string of the molecule is [N-]=[N+]=NC[C@]12CCC3C4C=CC(N=O)=CC4CC[C@@]3(N)C1CCC2=O. The monoisotopic (exact) mass is 341 g/mol. The second-order valence-electron chi connectivity index (χ2n) is 8.14. The lowest BCUT2D eigenvalue weighted by molar-refractivity contribution is -0.133. The quantitative estimate of drug-likeness (QED) is 0.365. The number of hydrogen-bond donors (Lipinski definition) is 1. The molecule has 0 spiro atoms. The summed E-state index contributed by atoms with van der Waals surface area (Å²) in [6.07, 6.45) is 10.6. The molecule has 25 heavy (non-hydrogen) atoms. The first-order valence-electron chi connectivity index (χ1n) is 9.11. The van der Waals surface area contributed by atoms with Gasteiger partial charge in [0.05, 0.1) is 0 Å². The van der Waals surface area contributed by atoms with E-state index in [4.69, 9.17) is 11.3 Å². The Kier molecular flexibility index (Phi) is 3.81. The number of nitrogens with two attached hydrogens (primary N) is 1. The summed E-state index contributed by atoms with van der Waals surface area (Å²) in [6.45, 7) is 0.238. The standard InChI is InChI=1S/C18H23N5O2/c19-18-8-5-11-9-12(22-25)1-2-13(11)14(18)6-7-17(10-21-23-20)15(18)3-4-16(17)24/h1-2,9,11,13-15H,3-8,10,19H2/t11?,13?,14?,15?,17-,18+/m1/s1. The van der Waals surface area contributed by atoms with Crippen molar-refractivity contribution in [1.29, 1.82) is 0 Å². The zero-order chi connectivity index (χ0) is 17.7. The molecule has 6 atom stereocenters. The maximum Gasteiger partial charge on any atom is 0.139 e. The maximum absolute atomic E-state index is 12.7. The molecule has 0 aliphatic heterocycles. The number of azide groups is 1. The van der Waals surface area contributed by atoms with Crippen molar-refractivity contribution in [3.63, 3.8) is 0 Å². The van der Waals surface area contributed by atoms with Crippen LogP contribution in [0.4, 0.5) is 0 Å². The number of nitrogens with zero attached hydrogens (tertiary/aromatic N) is 4. The molecule has 0 amide bonds. The van der Waals surface area contributed by atoms with Crippen LogP contribution in [0.2, 0.25) is 0 Å². The lowest BCUT2D eigenvalue weighted by Crippen LogP contribution is -2.65. The van der Waals surface area contributed by atoms with Gasteiger partial charge in [-0.05, 0) is 72.6 Å². The van der Waals surface area contributed by atoms with Gasteiger partial charge in [0.1, 0.15) is 11.5 Å². The van der Waals surface area contributed by atoms with Crippen LogP contribution in [-0.4, -0.2) is 17.9 Å². The van der Waals surface area contributed by atoms with Crippen LogP contribution < -0.4 is 5.73 Å². The van der Waals surface area contributed by atoms with Crippen molar-refractivity contribution >= 4 is 5.78 Å². The highest BCUT2D eigenvalue weighted by Crippen LogP contribution is 2.61. The molecule has 132 valence electrons. The summed E-state index contributed by atoms with van der Waals surface area (Å²) in [7, 11) is 0. The van der Waals surface area contributed by atoms with E-state index >= 15 is 0 Å². The molecule has 0 saturated heterocycles. The fourth-order valence-corrected chi connectivity index (χ4v) is 6.30. The normalized spacial score (nSPS) is 44.8. The molecule has 0 aromatic rings. The molecule has 0 bridgehead atoms. The number of Topliss-reactive ketones (excluding diaryl/α,β-unsaturated/α-hetero) is 1. The van der Waals surface area contributed by atoms with E-state index in [1.165, 1.54) is 0 Å². The Hall–Kier alpha value is -1.98. The van der Waals surface area contributed by atoms with Gasteiger partial charge in [0.25, 0.3) is 0 Å². The van der Waals surface area contributed by atoms with Crippen molar-refractivity contribution in [2.24, 2.45) is 45.1 Å². The van der Waals surface area contributed by atoms with Gasteiger partial charge < -0.3 is 5.73 Å². The van der Waals surface area contributed by atoms with Crippen LogP contribution in [0.1, 0.15) is 38.5 Å². The number of fused-ring (bicyclic) bond motifs is 5. The molecule has 7 nitrogen and oxygen atoms in total. The van der Waals surface area contributed by atoms with Crippen LogP contribution in [0.5, 0.6) is 0 Å². The highest BCUT2D eigenvalue weighted by atomic mass is 16.3. The molecular formula is C18H23N5O2. The molecule has 7 heteroatoms. The highest BCUT2D eigenvalue weighted by Gasteiger charge is 2.63. The zero-order valence-electron chi connectivity index (χ0n) is 14.2. The zero-order valence-corrected chi connectivity index (χ0v) is 14.2. The molecule has 4 rings (SSSR count). The first-order valence-corrected chi connectivity index (χ1v) is 9.11. The number of ketones is 1. The van der Waals surface area contributed by atoms with Crippen molar-refractivity contribution in [3.8, 4) is 0 Å². The molecule has 4 aliphatic rings. The van der Waals surface area contributed by atoms with Crippen LogP contribution in [0.15, 0.2) is 34.2 Å². The highest BCUT2D eigenvalue weighted by molar-refractivity contribution is 5.88. The predicted octanol–water partition coefficient (Wildman–Crippen LogP) is 3.62. The van der Waals surface area contributed by atoms with Crippen molar-refractivity contribution < 1.29 is 4.79 Å². The first kappa shape index (κ1) is 16.5. The van der Waals surface area contributed by atoms with Crippen LogP contribution in [0.25, 0.3) is 10.4 Å². The van der Waals surface area contributed by atoms with E-state index in [1.54, 1.807) is 0 Å². The Morgan fingerprint density at radius 2 is 2.16 bits per heavy atom. The van der Waals surface area contributed by atoms with Crippen LogP contribution in [0, 0.1) is 34.0 Å². The lowest BCUT2D eigenvalue weighted by atomic mass is 9.48. The minimum Gasteiger partial charge on any atom is -0.325 e. The summed E-state index contributed by atoms with van der Waals surface area (Å²) in [4.78, 5) is 26.4. The van der Waals surface area contributed by atoms with Gasteiger partial charge in [0.2, 0.25) is 0 Å². The summed E-state index contributed by atoms with van der Waals surface area (Å²) in [5, 5.41) is 6.85. The van der Waals surface area contributed by atoms with Gasteiger partial charge >= 0.3 is 0 Å². The van der Waals surface area contributed by atoms with Gasteiger partial charge in [-0.25, -0.2) is 0 Å². The maximum atomic E-state index is 12.7. The van der Waals surface area contributed by atoms with Gasteiger partial charge in [-0.2, -0.15) is 0 Å². The molecule has 3 saturated carbocycles. The fourth-order valence-electron chi connectivity index (χ4n) is 6.30. The van der Waals surface area contributed by atoms with E-state index in [9.17, 15) is 9.70 Å². The second kappa shape index (κ2) is 5.78. The summed E-state index contributed by atoms with van der Waals surface area (Å²) in [6, 6.07) is 0. The topological polar surface area (TPSA) is 121 Å². The Balaban J connectivity index is 1.68. The minimum absolute atomic E-state index is 0.0840. The molecule has 0 aromatic heterocycles. The number of allylic oxidation sites excluding steroid dienone is 3. The lowest BCUT2D eigenvalue weighted by Gasteiger charge is -2.59. The first-order chi connectivity index (χ1) is 12.0. The average molecular weight is 341 g/mol. The van der Waals surface area contributed by atoms with E-state index in [2.05, 4.69) is 21.3 Å². The van der Waals surface area contributed by atoms with E-state index in [-0.39, 0.29) is 18.2 Å². The Bertz CT molecular complexity index is 725. The van der Waals surface area contributed by atoms with Crippen molar-refractivity contribution in [2.45, 2.75) is 44.1 Å². The van der Waals surface area contributed by atoms with Gasteiger partial charge in [0.15, 0.2) is 0 Å². The number of hydrogen-bond acceptors (Lipinski definition) is 5. The molecule has 4 aliphatic carbocycles. The fraction of sp³-hybridized carbons (Fsp3) is 0.722. The van der Waals surface area contributed by atoms with Crippen LogP contribution in [0.3, 0.4) is 0 Å². The third-order valence-corrected chi connectivity index (χ3v) is 7.39. The van der Waals surface area contributed by atoms with Gasteiger partial charge in [-0.1, -0.05) is 17.3 Å². The van der Waals surface area contributed by atoms with Gasteiger partial charge in [0, 0.05) is 28.8 Å². The van der Waals surface area contributed by atoms with E-state index < -0.39 is 11.0 Å². The second-order valence-corrected chi connectivity index (χ2v) is 8.14. The predicted molar refractivity (Wildman–Crippen MR) is 93.1 cm³/mol. The van der Waals surface area contributed by atoms with Crippen molar-refractivity contribution in [3.05, 3.63) is 39.3 Å². The summed E-state index contributed by atoms with van der Waals surface area (Å²) in [5.41, 5.74) is 15.3. The molecular weight excluding hydrogens is 318 g/mol. The van der Waals surface area contributed by atoms with Crippen molar-refractivity contribution in [2.75, 3.05) is 6.54 Å². The molecule has 0 radical (unpaired) electrons.